The minimum Gasteiger partial charge on any atom is -0.389 e. The Morgan fingerprint density at radius 2 is 1.90 bits per heavy atom. The highest BCUT2D eigenvalue weighted by molar-refractivity contribution is 7.80. The molecule has 4 nitrogen and oxygen atoms in total. The van der Waals surface area contributed by atoms with Crippen LogP contribution in [0.3, 0.4) is 0 Å². The number of hydrogen-bond acceptors (Lipinski definition) is 3. The van der Waals surface area contributed by atoms with Crippen molar-refractivity contribution in [1.29, 1.82) is 0 Å². The zero-order chi connectivity index (χ0) is 14.4. The highest BCUT2D eigenvalue weighted by atomic mass is 32.1. The van der Waals surface area contributed by atoms with Gasteiger partial charge in [-0.3, -0.25) is 9.78 Å². The van der Waals surface area contributed by atoms with E-state index >= 15 is 0 Å². The van der Waals surface area contributed by atoms with Crippen LogP contribution in [0.5, 0.6) is 0 Å². The highest BCUT2D eigenvalue weighted by Crippen LogP contribution is 2.05. The Morgan fingerprint density at radius 3 is 2.60 bits per heavy atom. The third-order valence-corrected chi connectivity index (χ3v) is 3.09. The van der Waals surface area contributed by atoms with E-state index in [1.54, 1.807) is 36.7 Å². The molecule has 0 fully saturated rings. The van der Waals surface area contributed by atoms with Crippen LogP contribution in [0.1, 0.15) is 21.5 Å². The summed E-state index contributed by atoms with van der Waals surface area (Å²) in [6, 6.07) is 10.9. The van der Waals surface area contributed by atoms with Crippen LogP contribution in [0.25, 0.3) is 0 Å². The summed E-state index contributed by atoms with van der Waals surface area (Å²) in [5, 5.41) is 2.87. The fraction of sp³-hybridized carbons (Fsp3) is 0.133. The maximum Gasteiger partial charge on any atom is 0.251 e. The predicted octanol–water partition coefficient (Wildman–Crippen LogP) is 1.69. The number of thiocarbonyl (C=S) groups is 1. The summed E-state index contributed by atoms with van der Waals surface area (Å²) in [6.07, 6.45) is 4.24. The molecule has 1 aromatic carbocycles. The summed E-state index contributed by atoms with van der Waals surface area (Å²) in [7, 11) is 0. The van der Waals surface area contributed by atoms with Crippen molar-refractivity contribution in [3.63, 3.8) is 0 Å². The quantitative estimate of drug-likeness (QED) is 0.820. The number of nitrogens with zero attached hydrogens (tertiary/aromatic N) is 1. The smallest absolute Gasteiger partial charge is 0.251 e. The zero-order valence-corrected chi connectivity index (χ0v) is 11.7. The average molecular weight is 285 g/mol. The first-order valence-electron chi connectivity index (χ1n) is 6.24. The van der Waals surface area contributed by atoms with Gasteiger partial charge in [-0.1, -0.05) is 24.4 Å². The van der Waals surface area contributed by atoms with E-state index in [2.05, 4.69) is 10.3 Å². The number of hydrogen-bond donors (Lipinski definition) is 2. The van der Waals surface area contributed by atoms with E-state index < -0.39 is 0 Å². The van der Waals surface area contributed by atoms with Gasteiger partial charge in [0.1, 0.15) is 4.99 Å². The van der Waals surface area contributed by atoms with E-state index in [1.807, 2.05) is 12.1 Å². The van der Waals surface area contributed by atoms with Gasteiger partial charge < -0.3 is 11.1 Å². The normalized spacial score (nSPS) is 10.0. The van der Waals surface area contributed by atoms with E-state index in [4.69, 9.17) is 18.0 Å². The summed E-state index contributed by atoms with van der Waals surface area (Å²) in [6.45, 7) is 0.570. The van der Waals surface area contributed by atoms with Crippen molar-refractivity contribution in [2.45, 2.75) is 6.42 Å². The van der Waals surface area contributed by atoms with Gasteiger partial charge in [-0.2, -0.15) is 0 Å². The molecule has 1 aromatic heterocycles. The molecule has 0 bridgehead atoms. The van der Waals surface area contributed by atoms with Crippen LogP contribution in [-0.2, 0) is 6.42 Å². The molecule has 0 aliphatic heterocycles. The summed E-state index contributed by atoms with van der Waals surface area (Å²) in [5.41, 5.74) is 7.95. The first-order chi connectivity index (χ1) is 9.66. The third kappa shape index (κ3) is 3.86. The van der Waals surface area contributed by atoms with Crippen LogP contribution >= 0.6 is 12.2 Å². The van der Waals surface area contributed by atoms with Gasteiger partial charge in [0, 0.05) is 30.1 Å². The SMILES string of the molecule is NC(=S)c1cccc(C(=O)NCCc2ccncc2)c1. The van der Waals surface area contributed by atoms with E-state index in [0.717, 1.165) is 12.0 Å². The second kappa shape index (κ2) is 6.77. The second-order valence-corrected chi connectivity index (χ2v) is 4.75. The maximum absolute atomic E-state index is 12.0. The maximum atomic E-state index is 12.0. The van der Waals surface area contributed by atoms with Gasteiger partial charge in [0.2, 0.25) is 0 Å². The minimum atomic E-state index is -0.128. The molecule has 1 amide bonds. The van der Waals surface area contributed by atoms with Crippen LogP contribution in [0.4, 0.5) is 0 Å². The Hall–Kier alpha value is -2.27. The van der Waals surface area contributed by atoms with Crippen LogP contribution in [0, 0.1) is 0 Å². The summed E-state index contributed by atoms with van der Waals surface area (Å²) in [4.78, 5) is 16.2. The first-order valence-corrected chi connectivity index (χ1v) is 6.64. The number of nitrogens with two attached hydrogens (primary N) is 1. The van der Waals surface area contributed by atoms with Crippen LogP contribution in [-0.4, -0.2) is 22.4 Å². The van der Waals surface area contributed by atoms with Gasteiger partial charge in [-0.05, 0) is 36.2 Å². The molecule has 2 aromatic rings. The molecule has 2 rings (SSSR count). The Kier molecular flexibility index (Phi) is 4.79. The Labute approximate surface area is 123 Å². The van der Waals surface area contributed by atoms with Gasteiger partial charge >= 0.3 is 0 Å². The average Bonchev–Trinajstić information content (AvgIpc) is 2.48. The molecule has 102 valence electrons. The van der Waals surface area contributed by atoms with Crippen LogP contribution in [0.2, 0.25) is 0 Å². The second-order valence-electron chi connectivity index (χ2n) is 4.31. The Bertz CT molecular complexity index is 614. The third-order valence-electron chi connectivity index (χ3n) is 2.86. The number of aromatic nitrogens is 1. The molecule has 3 N–H and O–H groups in total. The number of nitrogens with one attached hydrogen (secondary N) is 1. The van der Waals surface area contributed by atoms with Crippen LogP contribution in [0.15, 0.2) is 48.8 Å². The van der Waals surface area contributed by atoms with Crippen molar-refractivity contribution in [2.24, 2.45) is 5.73 Å². The molecule has 0 aliphatic carbocycles. The number of amides is 1. The minimum absolute atomic E-state index is 0.128. The van der Waals surface area contributed by atoms with Crippen LogP contribution < -0.4 is 11.1 Å². The number of benzene rings is 1. The van der Waals surface area contributed by atoms with Gasteiger partial charge in [0.25, 0.3) is 5.91 Å². The Morgan fingerprint density at radius 1 is 1.20 bits per heavy atom. The van der Waals surface area contributed by atoms with Gasteiger partial charge in [0.15, 0.2) is 0 Å². The van der Waals surface area contributed by atoms with Gasteiger partial charge in [-0.15, -0.1) is 0 Å². The predicted molar refractivity (Wildman–Crippen MR) is 82.6 cm³/mol. The van der Waals surface area contributed by atoms with E-state index in [9.17, 15) is 4.79 Å². The molecular formula is C15H15N3OS. The van der Waals surface area contributed by atoms with Crippen molar-refractivity contribution in [3.05, 3.63) is 65.5 Å². The van der Waals surface area contributed by atoms with Gasteiger partial charge in [-0.25, -0.2) is 0 Å². The number of pyridine rings is 1. The monoisotopic (exact) mass is 285 g/mol. The lowest BCUT2D eigenvalue weighted by molar-refractivity contribution is 0.0954. The molecule has 0 radical (unpaired) electrons. The summed E-state index contributed by atoms with van der Waals surface area (Å²) >= 11 is 4.90. The molecule has 0 saturated heterocycles. The lowest BCUT2D eigenvalue weighted by Gasteiger charge is -2.06. The van der Waals surface area contributed by atoms with E-state index in [1.165, 1.54) is 0 Å². The molecule has 0 spiro atoms. The standard InChI is InChI=1S/C15H15N3OS/c16-14(20)12-2-1-3-13(10-12)15(19)18-9-6-11-4-7-17-8-5-11/h1-5,7-8,10H,6,9H2,(H2,16,20)(H,18,19). The molecule has 0 aliphatic rings. The van der Waals surface area contributed by atoms with E-state index in [0.29, 0.717) is 17.7 Å². The number of carbonyl (C=O) groups excluding carboxylic acids is 1. The first kappa shape index (κ1) is 14.1. The van der Waals surface area contributed by atoms with Gasteiger partial charge in [0.05, 0.1) is 0 Å². The molecule has 0 atom stereocenters. The summed E-state index contributed by atoms with van der Waals surface area (Å²) in [5.74, 6) is -0.128. The van der Waals surface area contributed by atoms with Crippen molar-refractivity contribution in [2.75, 3.05) is 6.54 Å². The lowest BCUT2D eigenvalue weighted by atomic mass is 10.1. The number of carbonyl (C=O) groups is 1. The summed E-state index contributed by atoms with van der Waals surface area (Å²) < 4.78 is 0. The Balaban J connectivity index is 1.92. The zero-order valence-electron chi connectivity index (χ0n) is 10.9. The molecule has 1 heterocycles. The molecular weight excluding hydrogens is 270 g/mol. The van der Waals surface area contributed by atoms with Crippen molar-refractivity contribution in [3.8, 4) is 0 Å². The molecule has 0 unspecified atom stereocenters. The topological polar surface area (TPSA) is 68.0 Å². The highest BCUT2D eigenvalue weighted by Gasteiger charge is 2.06. The molecule has 0 saturated carbocycles. The van der Waals surface area contributed by atoms with Crippen molar-refractivity contribution in [1.82, 2.24) is 10.3 Å². The fourth-order valence-corrected chi connectivity index (χ4v) is 1.91. The molecule has 5 heteroatoms. The fourth-order valence-electron chi connectivity index (χ4n) is 1.79. The largest absolute Gasteiger partial charge is 0.389 e. The number of rotatable bonds is 5. The van der Waals surface area contributed by atoms with E-state index in [-0.39, 0.29) is 10.9 Å². The lowest BCUT2D eigenvalue weighted by Crippen LogP contribution is -2.26. The molecule has 20 heavy (non-hydrogen) atoms. The van der Waals surface area contributed by atoms with Crippen molar-refractivity contribution >= 4 is 23.1 Å². The van der Waals surface area contributed by atoms with Crippen molar-refractivity contribution < 1.29 is 4.79 Å².